The molecule has 0 amide bonds. The molecule has 8 aromatic carbocycles. The number of nitrogens with two attached hydrogens (primary N) is 1. The van der Waals surface area contributed by atoms with Gasteiger partial charge in [0.2, 0.25) is 0 Å². The summed E-state index contributed by atoms with van der Waals surface area (Å²) in [7, 11) is 0. The molecule has 0 bridgehead atoms. The summed E-state index contributed by atoms with van der Waals surface area (Å²) in [6.07, 6.45) is 0. The molecule has 0 atom stereocenters. The van der Waals surface area contributed by atoms with Gasteiger partial charge in [-0.15, -0.1) is 0 Å². The summed E-state index contributed by atoms with van der Waals surface area (Å²) in [6, 6.07) is 66.8. The number of para-hydroxylation sites is 2. The predicted octanol–water partition coefficient (Wildman–Crippen LogP) is 12.3. The molecule has 0 spiro atoms. The van der Waals surface area contributed by atoms with Crippen LogP contribution >= 0.6 is 0 Å². The Balaban J connectivity index is 1.37. The Bertz CT molecular complexity index is 2560. The fourth-order valence-electron chi connectivity index (χ4n) is 7.39. The van der Waals surface area contributed by atoms with Gasteiger partial charge in [-0.3, -0.25) is 0 Å². The van der Waals surface area contributed by atoms with E-state index in [1.54, 1.807) is 0 Å². The number of fused-ring (bicyclic) bond motifs is 4. The highest BCUT2D eigenvalue weighted by atomic mass is 15.1. The second-order valence-electron chi connectivity index (χ2n) is 12.4. The van der Waals surface area contributed by atoms with Crippen LogP contribution in [0.5, 0.6) is 0 Å². The Morgan fingerprint density at radius 1 is 0.408 bits per heavy atom. The van der Waals surface area contributed by atoms with Crippen molar-refractivity contribution in [1.82, 2.24) is 4.57 Å². The molecular weight excluding hydrogens is 595 g/mol. The zero-order chi connectivity index (χ0) is 32.7. The van der Waals surface area contributed by atoms with Crippen LogP contribution in [0.2, 0.25) is 0 Å². The van der Waals surface area contributed by atoms with Crippen molar-refractivity contribution in [3.8, 4) is 27.9 Å². The van der Waals surface area contributed by atoms with Crippen molar-refractivity contribution in [2.45, 2.75) is 0 Å². The molecule has 0 saturated carbocycles. The van der Waals surface area contributed by atoms with E-state index in [9.17, 15) is 0 Å². The van der Waals surface area contributed by atoms with Gasteiger partial charge in [-0.1, -0.05) is 140 Å². The van der Waals surface area contributed by atoms with Gasteiger partial charge in [0.05, 0.1) is 22.4 Å². The number of nitrogen functional groups attached to an aromatic ring is 1. The summed E-state index contributed by atoms with van der Waals surface area (Å²) in [4.78, 5) is 2.41. The SMILES string of the molecule is Nc1ccc(N(c2cccc(-n3c4ccccc4c4ccccc43)c2)c2cccc3ccccc23)c(-c2ccccc2)c1-c1ccccc1. The van der Waals surface area contributed by atoms with Crippen molar-refractivity contribution in [3.63, 3.8) is 0 Å². The Hall–Kier alpha value is -6.58. The largest absolute Gasteiger partial charge is 0.398 e. The minimum absolute atomic E-state index is 0.741. The molecule has 1 aromatic heterocycles. The minimum Gasteiger partial charge on any atom is -0.398 e. The summed E-state index contributed by atoms with van der Waals surface area (Å²) in [6.45, 7) is 0. The fourth-order valence-corrected chi connectivity index (χ4v) is 7.39. The molecule has 0 radical (unpaired) electrons. The lowest BCUT2D eigenvalue weighted by Crippen LogP contribution is -2.13. The van der Waals surface area contributed by atoms with E-state index in [-0.39, 0.29) is 0 Å². The normalized spacial score (nSPS) is 11.3. The van der Waals surface area contributed by atoms with Gasteiger partial charge in [0.25, 0.3) is 0 Å². The molecule has 1 heterocycles. The number of benzene rings is 8. The van der Waals surface area contributed by atoms with Crippen LogP contribution in [0.15, 0.2) is 188 Å². The van der Waals surface area contributed by atoms with E-state index < -0.39 is 0 Å². The zero-order valence-corrected chi connectivity index (χ0v) is 26.9. The van der Waals surface area contributed by atoms with Crippen molar-refractivity contribution < 1.29 is 0 Å². The summed E-state index contributed by atoms with van der Waals surface area (Å²) < 4.78 is 2.38. The van der Waals surface area contributed by atoms with Gasteiger partial charge in [0, 0.05) is 44.3 Å². The van der Waals surface area contributed by atoms with Gasteiger partial charge in [-0.05, 0) is 65.0 Å². The van der Waals surface area contributed by atoms with E-state index in [1.807, 2.05) is 6.07 Å². The Morgan fingerprint density at radius 3 is 1.65 bits per heavy atom. The van der Waals surface area contributed by atoms with Gasteiger partial charge in [0.1, 0.15) is 0 Å². The third-order valence-corrected chi connectivity index (χ3v) is 9.52. The molecule has 0 unspecified atom stereocenters. The Kier molecular flexibility index (Phi) is 6.95. The molecule has 232 valence electrons. The maximum Gasteiger partial charge on any atom is 0.0548 e. The standard InChI is InChI=1S/C46H33N3/c47-40-29-30-44(46(34-18-5-2-6-19-34)45(40)33-16-3-1-4-17-33)49(41-28-13-20-32-15-7-8-23-37(32)41)36-22-14-21-35(31-36)48-42-26-11-9-24-38(42)39-25-10-12-27-43(39)48/h1-31H,47H2. The first-order chi connectivity index (χ1) is 24.3. The summed E-state index contributed by atoms with van der Waals surface area (Å²) in [5.74, 6) is 0. The van der Waals surface area contributed by atoms with Crippen molar-refractivity contribution in [3.05, 3.63) is 188 Å². The second kappa shape index (κ2) is 11.9. The summed E-state index contributed by atoms with van der Waals surface area (Å²) in [5, 5.41) is 4.84. The minimum atomic E-state index is 0.741. The molecule has 9 aromatic rings. The maximum atomic E-state index is 6.90. The molecule has 3 heteroatoms. The van der Waals surface area contributed by atoms with E-state index in [0.29, 0.717) is 0 Å². The van der Waals surface area contributed by atoms with Gasteiger partial charge in [-0.2, -0.15) is 0 Å². The first-order valence-corrected chi connectivity index (χ1v) is 16.7. The molecule has 0 fully saturated rings. The van der Waals surface area contributed by atoms with Crippen LogP contribution in [-0.2, 0) is 0 Å². The average molecular weight is 628 g/mol. The van der Waals surface area contributed by atoms with E-state index in [1.165, 1.54) is 32.6 Å². The highest BCUT2D eigenvalue weighted by Gasteiger charge is 2.24. The third kappa shape index (κ3) is 4.83. The lowest BCUT2D eigenvalue weighted by atomic mass is 9.90. The van der Waals surface area contributed by atoms with Crippen LogP contribution in [0, 0.1) is 0 Å². The van der Waals surface area contributed by atoms with Gasteiger partial charge < -0.3 is 15.2 Å². The molecular formula is C46H33N3. The molecule has 0 saturated heterocycles. The average Bonchev–Trinajstić information content (AvgIpc) is 3.51. The number of anilines is 4. The monoisotopic (exact) mass is 627 g/mol. The first kappa shape index (κ1) is 28.6. The Morgan fingerprint density at radius 2 is 0.959 bits per heavy atom. The van der Waals surface area contributed by atoms with Crippen LogP contribution in [0.1, 0.15) is 0 Å². The van der Waals surface area contributed by atoms with Gasteiger partial charge in [-0.25, -0.2) is 0 Å². The van der Waals surface area contributed by atoms with Crippen molar-refractivity contribution in [1.29, 1.82) is 0 Å². The lowest BCUT2D eigenvalue weighted by molar-refractivity contribution is 1.17. The third-order valence-electron chi connectivity index (χ3n) is 9.52. The van der Waals surface area contributed by atoms with E-state index in [0.717, 1.165) is 50.7 Å². The topological polar surface area (TPSA) is 34.2 Å². The van der Waals surface area contributed by atoms with E-state index in [4.69, 9.17) is 5.73 Å². The van der Waals surface area contributed by atoms with Crippen molar-refractivity contribution in [2.24, 2.45) is 0 Å². The number of aromatic nitrogens is 1. The van der Waals surface area contributed by atoms with Crippen LogP contribution in [0.25, 0.3) is 60.5 Å². The lowest BCUT2D eigenvalue weighted by Gasteiger charge is -2.31. The van der Waals surface area contributed by atoms with Crippen LogP contribution < -0.4 is 10.6 Å². The number of hydrogen-bond donors (Lipinski definition) is 1. The number of nitrogens with zero attached hydrogens (tertiary/aromatic N) is 2. The molecule has 0 aliphatic heterocycles. The van der Waals surface area contributed by atoms with Crippen LogP contribution in [-0.4, -0.2) is 4.57 Å². The van der Waals surface area contributed by atoms with Gasteiger partial charge in [0.15, 0.2) is 0 Å². The quantitative estimate of drug-likeness (QED) is 0.186. The molecule has 9 rings (SSSR count). The Labute approximate surface area is 285 Å². The van der Waals surface area contributed by atoms with Crippen LogP contribution in [0.4, 0.5) is 22.7 Å². The number of rotatable bonds is 6. The second-order valence-corrected chi connectivity index (χ2v) is 12.4. The summed E-state index contributed by atoms with van der Waals surface area (Å²) in [5.41, 5.74) is 18.6. The van der Waals surface area contributed by atoms with E-state index >= 15 is 0 Å². The highest BCUT2D eigenvalue weighted by molar-refractivity contribution is 6.10. The van der Waals surface area contributed by atoms with Gasteiger partial charge >= 0.3 is 0 Å². The summed E-state index contributed by atoms with van der Waals surface area (Å²) >= 11 is 0. The maximum absolute atomic E-state index is 6.90. The molecule has 0 aliphatic rings. The highest BCUT2D eigenvalue weighted by Crippen LogP contribution is 2.49. The molecule has 0 aliphatic carbocycles. The van der Waals surface area contributed by atoms with Crippen molar-refractivity contribution in [2.75, 3.05) is 10.6 Å². The predicted molar refractivity (Wildman–Crippen MR) is 208 cm³/mol. The molecule has 3 nitrogen and oxygen atoms in total. The van der Waals surface area contributed by atoms with Crippen LogP contribution in [0.3, 0.4) is 0 Å². The van der Waals surface area contributed by atoms with E-state index in [2.05, 4.69) is 191 Å². The van der Waals surface area contributed by atoms with Crippen molar-refractivity contribution >= 4 is 55.3 Å². The fraction of sp³-hybridized carbons (Fsp3) is 0. The molecule has 49 heavy (non-hydrogen) atoms. The molecule has 2 N–H and O–H groups in total. The number of hydrogen-bond acceptors (Lipinski definition) is 2. The zero-order valence-electron chi connectivity index (χ0n) is 26.9. The first-order valence-electron chi connectivity index (χ1n) is 16.7. The smallest absolute Gasteiger partial charge is 0.0548 e.